The predicted molar refractivity (Wildman–Crippen MR) is 73.1 cm³/mol. The lowest BCUT2D eigenvalue weighted by molar-refractivity contribution is 0.405. The van der Waals surface area contributed by atoms with Crippen LogP contribution in [-0.4, -0.2) is 25.3 Å². The van der Waals surface area contributed by atoms with Gasteiger partial charge >= 0.3 is 0 Å². The van der Waals surface area contributed by atoms with E-state index >= 15 is 0 Å². The molecule has 0 aliphatic carbocycles. The summed E-state index contributed by atoms with van der Waals surface area (Å²) >= 11 is 5.62. The van der Waals surface area contributed by atoms with Gasteiger partial charge in [-0.1, -0.05) is 6.92 Å². The Hall–Kier alpha value is -0.650. The molecular weight excluding hydrogens is 289 g/mol. The molecule has 1 aliphatic heterocycles. The maximum Gasteiger partial charge on any atom is 0.243 e. The zero-order chi connectivity index (χ0) is 14.2. The van der Waals surface area contributed by atoms with Gasteiger partial charge < -0.3 is 0 Å². The molecule has 1 aromatic rings. The second-order valence-corrected chi connectivity index (χ2v) is 7.31. The van der Waals surface area contributed by atoms with Crippen LogP contribution in [0.2, 0.25) is 0 Å². The summed E-state index contributed by atoms with van der Waals surface area (Å²) in [4.78, 5) is 0.116. The summed E-state index contributed by atoms with van der Waals surface area (Å²) < 4.78 is 39.9. The van der Waals surface area contributed by atoms with Gasteiger partial charge in [0.05, 0.1) is 10.8 Å². The summed E-state index contributed by atoms with van der Waals surface area (Å²) in [6.45, 7) is 4.44. The van der Waals surface area contributed by atoms with E-state index in [1.54, 1.807) is 0 Å². The van der Waals surface area contributed by atoms with Crippen LogP contribution in [0.1, 0.15) is 25.8 Å². The SMILES string of the molecule is CC1CC(C)N(S(=O)(=O)c2ccc(F)c(CCl)c2)C1. The van der Waals surface area contributed by atoms with Crippen molar-refractivity contribution in [2.45, 2.75) is 37.1 Å². The van der Waals surface area contributed by atoms with Crippen LogP contribution in [0.25, 0.3) is 0 Å². The van der Waals surface area contributed by atoms with E-state index in [-0.39, 0.29) is 22.4 Å². The zero-order valence-corrected chi connectivity index (χ0v) is 12.5. The lowest BCUT2D eigenvalue weighted by atomic mass is 10.1. The molecule has 0 bridgehead atoms. The fourth-order valence-electron chi connectivity index (χ4n) is 2.55. The fraction of sp³-hybridized carbons (Fsp3) is 0.538. The molecule has 2 rings (SSSR count). The smallest absolute Gasteiger partial charge is 0.207 e. The van der Waals surface area contributed by atoms with E-state index in [1.165, 1.54) is 16.4 Å². The Bertz CT molecular complexity index is 576. The van der Waals surface area contributed by atoms with E-state index in [0.717, 1.165) is 12.5 Å². The highest BCUT2D eigenvalue weighted by molar-refractivity contribution is 7.89. The third-order valence-electron chi connectivity index (χ3n) is 3.49. The number of rotatable bonds is 3. The van der Waals surface area contributed by atoms with Gasteiger partial charge in [-0.05, 0) is 37.5 Å². The first kappa shape index (κ1) is 14.8. The molecule has 1 fully saturated rings. The van der Waals surface area contributed by atoms with E-state index in [0.29, 0.717) is 12.5 Å². The summed E-state index contributed by atoms with van der Waals surface area (Å²) in [5, 5.41) is 0. The Labute approximate surface area is 118 Å². The monoisotopic (exact) mass is 305 g/mol. The Balaban J connectivity index is 2.40. The molecule has 6 heteroatoms. The minimum absolute atomic E-state index is 0.0236. The van der Waals surface area contributed by atoms with Crippen molar-refractivity contribution in [2.75, 3.05) is 6.54 Å². The van der Waals surface area contributed by atoms with E-state index in [9.17, 15) is 12.8 Å². The van der Waals surface area contributed by atoms with Crippen LogP contribution in [0.15, 0.2) is 23.1 Å². The standard InChI is InChI=1S/C13H17ClFNO2S/c1-9-5-10(2)16(8-9)19(17,18)12-3-4-13(15)11(6-12)7-14/h3-4,6,9-10H,5,7-8H2,1-2H3. The Morgan fingerprint density at radius 3 is 2.63 bits per heavy atom. The molecule has 2 unspecified atom stereocenters. The fourth-order valence-corrected chi connectivity index (χ4v) is 4.56. The quantitative estimate of drug-likeness (QED) is 0.805. The maximum absolute atomic E-state index is 13.4. The van der Waals surface area contributed by atoms with Gasteiger partial charge in [0.2, 0.25) is 10.0 Å². The molecule has 0 N–H and O–H groups in total. The van der Waals surface area contributed by atoms with Crippen molar-refractivity contribution in [1.29, 1.82) is 0 Å². The molecule has 0 amide bonds. The third kappa shape index (κ3) is 2.78. The molecular formula is C13H17ClFNO2S. The lowest BCUT2D eigenvalue weighted by Gasteiger charge is -2.21. The van der Waals surface area contributed by atoms with E-state index in [1.807, 2.05) is 13.8 Å². The molecule has 2 atom stereocenters. The van der Waals surface area contributed by atoms with Crippen molar-refractivity contribution in [2.24, 2.45) is 5.92 Å². The average Bonchev–Trinajstić information content (AvgIpc) is 2.69. The number of sulfonamides is 1. The van der Waals surface area contributed by atoms with Crippen LogP contribution in [-0.2, 0) is 15.9 Å². The van der Waals surface area contributed by atoms with Gasteiger partial charge in [0, 0.05) is 18.2 Å². The van der Waals surface area contributed by atoms with Crippen molar-refractivity contribution in [3.05, 3.63) is 29.6 Å². The molecule has 0 saturated carbocycles. The van der Waals surface area contributed by atoms with Gasteiger partial charge in [-0.25, -0.2) is 12.8 Å². The topological polar surface area (TPSA) is 37.4 Å². The molecule has 1 aromatic carbocycles. The summed E-state index contributed by atoms with van der Waals surface area (Å²) in [5.74, 6) is -0.171. The van der Waals surface area contributed by atoms with E-state index in [2.05, 4.69) is 0 Å². The molecule has 3 nitrogen and oxygen atoms in total. The van der Waals surface area contributed by atoms with Crippen molar-refractivity contribution < 1.29 is 12.8 Å². The van der Waals surface area contributed by atoms with Gasteiger partial charge in [0.1, 0.15) is 5.82 Å². The number of alkyl halides is 1. The van der Waals surface area contributed by atoms with Gasteiger partial charge in [-0.2, -0.15) is 4.31 Å². The summed E-state index contributed by atoms with van der Waals surface area (Å²) in [5.41, 5.74) is 0.211. The van der Waals surface area contributed by atoms with Crippen LogP contribution in [0.4, 0.5) is 4.39 Å². The first-order valence-electron chi connectivity index (χ1n) is 6.22. The molecule has 0 aromatic heterocycles. The number of nitrogens with zero attached hydrogens (tertiary/aromatic N) is 1. The molecule has 1 saturated heterocycles. The van der Waals surface area contributed by atoms with Crippen molar-refractivity contribution in [1.82, 2.24) is 4.31 Å². The van der Waals surface area contributed by atoms with Gasteiger partial charge in [-0.15, -0.1) is 11.6 Å². The minimum Gasteiger partial charge on any atom is -0.207 e. The first-order valence-corrected chi connectivity index (χ1v) is 8.20. The molecule has 1 aliphatic rings. The minimum atomic E-state index is -3.56. The Morgan fingerprint density at radius 2 is 2.11 bits per heavy atom. The molecule has 0 spiro atoms. The number of halogens is 2. The van der Waals surface area contributed by atoms with Crippen LogP contribution >= 0.6 is 11.6 Å². The van der Waals surface area contributed by atoms with Crippen LogP contribution in [0, 0.1) is 11.7 Å². The summed E-state index contributed by atoms with van der Waals surface area (Å²) in [7, 11) is -3.56. The van der Waals surface area contributed by atoms with E-state index in [4.69, 9.17) is 11.6 Å². The normalized spacial score (nSPS) is 24.8. The number of benzene rings is 1. The number of hydrogen-bond acceptors (Lipinski definition) is 2. The maximum atomic E-state index is 13.4. The van der Waals surface area contributed by atoms with Crippen molar-refractivity contribution in [3.8, 4) is 0 Å². The second kappa shape index (κ2) is 5.38. The van der Waals surface area contributed by atoms with Crippen LogP contribution < -0.4 is 0 Å². The Morgan fingerprint density at radius 1 is 1.42 bits per heavy atom. The largest absolute Gasteiger partial charge is 0.243 e. The zero-order valence-electron chi connectivity index (χ0n) is 10.9. The van der Waals surface area contributed by atoms with Gasteiger partial charge in [-0.3, -0.25) is 0 Å². The van der Waals surface area contributed by atoms with E-state index < -0.39 is 15.8 Å². The van der Waals surface area contributed by atoms with Gasteiger partial charge in [0.25, 0.3) is 0 Å². The molecule has 106 valence electrons. The van der Waals surface area contributed by atoms with Crippen molar-refractivity contribution >= 4 is 21.6 Å². The summed E-state index contributed by atoms with van der Waals surface area (Å²) in [6.07, 6.45) is 0.850. The highest BCUT2D eigenvalue weighted by Gasteiger charge is 2.36. The Kier molecular flexibility index (Phi) is 4.18. The summed E-state index contributed by atoms with van der Waals surface area (Å²) in [6, 6.07) is 3.77. The molecule has 1 heterocycles. The second-order valence-electron chi connectivity index (χ2n) is 5.15. The third-order valence-corrected chi connectivity index (χ3v) is 5.76. The number of hydrogen-bond donors (Lipinski definition) is 0. The molecule has 19 heavy (non-hydrogen) atoms. The predicted octanol–water partition coefficient (Wildman–Crippen LogP) is 2.98. The van der Waals surface area contributed by atoms with Crippen molar-refractivity contribution in [3.63, 3.8) is 0 Å². The van der Waals surface area contributed by atoms with Crippen LogP contribution in [0.5, 0.6) is 0 Å². The average molecular weight is 306 g/mol. The highest BCUT2D eigenvalue weighted by atomic mass is 35.5. The van der Waals surface area contributed by atoms with Crippen LogP contribution in [0.3, 0.4) is 0 Å². The lowest BCUT2D eigenvalue weighted by Crippen LogP contribution is -2.34. The highest BCUT2D eigenvalue weighted by Crippen LogP contribution is 2.29. The first-order chi connectivity index (χ1) is 8.86. The molecule has 0 radical (unpaired) electrons. The van der Waals surface area contributed by atoms with Gasteiger partial charge in [0.15, 0.2) is 0 Å².